The lowest BCUT2D eigenvalue weighted by molar-refractivity contribution is 0.321. The van der Waals surface area contributed by atoms with E-state index >= 15 is 0 Å². The van der Waals surface area contributed by atoms with Crippen LogP contribution in [-0.4, -0.2) is 73.9 Å². The Bertz CT molecular complexity index is 2090. The zero-order valence-electron chi connectivity index (χ0n) is 27.8. The molecule has 4 aromatic carbocycles. The van der Waals surface area contributed by atoms with Gasteiger partial charge in [-0.1, -0.05) is 30.3 Å². The number of nitrogens with zero attached hydrogens (tertiary/aromatic N) is 7. The molecule has 1 atom stereocenters. The molecule has 10 nitrogen and oxygen atoms in total. The van der Waals surface area contributed by atoms with Crippen molar-refractivity contribution in [2.75, 3.05) is 57.3 Å². The van der Waals surface area contributed by atoms with Crippen molar-refractivity contribution in [3.63, 3.8) is 0 Å². The van der Waals surface area contributed by atoms with Crippen LogP contribution in [0.25, 0.3) is 5.69 Å². The largest absolute Gasteiger partial charge is 0.493 e. The Hall–Kier alpha value is -5.84. The van der Waals surface area contributed by atoms with E-state index in [0.717, 1.165) is 70.1 Å². The van der Waals surface area contributed by atoms with Crippen LogP contribution in [0.5, 0.6) is 17.2 Å². The van der Waals surface area contributed by atoms with E-state index < -0.39 is 6.04 Å². The van der Waals surface area contributed by atoms with Crippen LogP contribution in [0.1, 0.15) is 22.9 Å². The standard InChI is InChI=1S/C38H36FN7O3/c1-24-32-33(28-18-19-31(47-2)35(49-4)34(28)48-3)45-30-13-9-8-12-29(30)40-37(38(45)41-36(32)46(42-24)27-10-6-5-7-11-27)44-22-20-43(21-23-44)26-16-14-25(39)15-17-26/h5-19,33H,20-23H2,1-4H3. The summed E-state index contributed by atoms with van der Waals surface area (Å²) in [6, 6.07) is 28.5. The minimum Gasteiger partial charge on any atom is -0.493 e. The predicted octanol–water partition coefficient (Wildman–Crippen LogP) is 6.85. The van der Waals surface area contributed by atoms with Gasteiger partial charge in [-0.3, -0.25) is 0 Å². The average molecular weight is 658 g/mol. The van der Waals surface area contributed by atoms with Crippen LogP contribution in [0.15, 0.2) is 101 Å². The van der Waals surface area contributed by atoms with Gasteiger partial charge in [0, 0.05) is 43.0 Å². The van der Waals surface area contributed by atoms with Gasteiger partial charge in [0.1, 0.15) is 5.82 Å². The zero-order valence-corrected chi connectivity index (χ0v) is 27.8. The fourth-order valence-electron chi connectivity index (χ4n) is 7.12. The number of piperazine rings is 1. The van der Waals surface area contributed by atoms with Gasteiger partial charge in [-0.15, -0.1) is 0 Å². The monoisotopic (exact) mass is 657 g/mol. The number of hydrogen-bond donors (Lipinski definition) is 0. The minimum absolute atomic E-state index is 0.238. The molecule has 0 saturated carbocycles. The Morgan fingerprint density at radius 2 is 1.37 bits per heavy atom. The van der Waals surface area contributed by atoms with Crippen molar-refractivity contribution in [2.24, 2.45) is 9.98 Å². The summed E-state index contributed by atoms with van der Waals surface area (Å²) in [5.74, 6) is 3.65. The van der Waals surface area contributed by atoms with Crippen molar-refractivity contribution in [1.82, 2.24) is 14.7 Å². The van der Waals surface area contributed by atoms with Crippen molar-refractivity contribution in [1.29, 1.82) is 0 Å². The molecule has 248 valence electrons. The molecule has 0 bridgehead atoms. The maximum atomic E-state index is 13.7. The number of halogens is 1. The van der Waals surface area contributed by atoms with Gasteiger partial charge in [-0.25, -0.2) is 19.1 Å². The number of amidine groups is 2. The normalized spacial score (nSPS) is 16.7. The molecule has 1 aromatic heterocycles. The second kappa shape index (κ2) is 12.3. The molecule has 1 unspecified atom stereocenters. The van der Waals surface area contributed by atoms with Gasteiger partial charge in [-0.05, 0) is 67.6 Å². The number of fused-ring (bicyclic) bond motifs is 4. The Labute approximate surface area is 284 Å². The molecular formula is C38H36FN7O3. The molecule has 5 aromatic rings. The number of aryl methyl sites for hydroxylation is 1. The van der Waals surface area contributed by atoms with E-state index in [9.17, 15) is 4.39 Å². The third-order valence-electron chi connectivity index (χ3n) is 9.42. The fraction of sp³-hybridized carbons (Fsp3) is 0.237. The molecule has 0 spiro atoms. The second-order valence-electron chi connectivity index (χ2n) is 12.1. The third-order valence-corrected chi connectivity index (χ3v) is 9.42. The molecule has 3 aliphatic heterocycles. The van der Waals surface area contributed by atoms with Gasteiger partial charge >= 0.3 is 0 Å². The number of aromatic nitrogens is 2. The molecule has 49 heavy (non-hydrogen) atoms. The van der Waals surface area contributed by atoms with Crippen LogP contribution in [0, 0.1) is 12.7 Å². The minimum atomic E-state index is -0.401. The molecule has 1 fully saturated rings. The van der Waals surface area contributed by atoms with Crippen molar-refractivity contribution < 1.29 is 18.6 Å². The van der Waals surface area contributed by atoms with E-state index in [-0.39, 0.29) is 5.82 Å². The van der Waals surface area contributed by atoms with Gasteiger partial charge in [0.05, 0.1) is 50.1 Å². The number of benzene rings is 4. The molecule has 3 aliphatic rings. The molecule has 0 amide bonds. The Morgan fingerprint density at radius 3 is 2.08 bits per heavy atom. The van der Waals surface area contributed by atoms with E-state index in [1.807, 2.05) is 84.4 Å². The lowest BCUT2D eigenvalue weighted by Gasteiger charge is -2.44. The van der Waals surface area contributed by atoms with Crippen LogP contribution in [-0.2, 0) is 0 Å². The van der Waals surface area contributed by atoms with Crippen LogP contribution < -0.4 is 24.0 Å². The quantitative estimate of drug-likeness (QED) is 0.198. The molecule has 0 aliphatic carbocycles. The van der Waals surface area contributed by atoms with Crippen LogP contribution >= 0.6 is 0 Å². The molecule has 0 N–H and O–H groups in total. The molecule has 1 saturated heterocycles. The first-order valence-electron chi connectivity index (χ1n) is 16.3. The number of ether oxygens (including phenoxy) is 3. The highest BCUT2D eigenvalue weighted by atomic mass is 19.1. The molecule has 0 radical (unpaired) electrons. The number of aliphatic imine (C=N–C) groups is 2. The summed E-state index contributed by atoms with van der Waals surface area (Å²) in [6.07, 6.45) is 0. The van der Waals surface area contributed by atoms with Gasteiger partial charge < -0.3 is 28.9 Å². The van der Waals surface area contributed by atoms with E-state index in [4.69, 9.17) is 29.3 Å². The average Bonchev–Trinajstić information content (AvgIpc) is 3.49. The Kier molecular flexibility index (Phi) is 7.66. The Balaban J connectivity index is 1.32. The molecule has 4 heterocycles. The number of anilines is 2. The first-order valence-corrected chi connectivity index (χ1v) is 16.3. The summed E-state index contributed by atoms with van der Waals surface area (Å²) < 4.78 is 33.3. The number of methoxy groups -OCH3 is 3. The number of hydrogen-bond acceptors (Lipinski definition) is 9. The number of rotatable bonds is 6. The van der Waals surface area contributed by atoms with Crippen LogP contribution in [0.2, 0.25) is 0 Å². The SMILES string of the molecule is COc1ccc(C2c3c(C)nn(-c4ccccc4)c3N=C3C(N4CCN(c5ccc(F)cc5)CC4)=Nc4ccccc4N32)c(OC)c1OC. The number of para-hydroxylation sites is 3. The zero-order chi connectivity index (χ0) is 33.6. The summed E-state index contributed by atoms with van der Waals surface area (Å²) in [7, 11) is 4.89. The Morgan fingerprint density at radius 1 is 0.673 bits per heavy atom. The topological polar surface area (TPSA) is 80.0 Å². The smallest absolute Gasteiger partial charge is 0.203 e. The summed E-state index contributed by atoms with van der Waals surface area (Å²) in [4.78, 5) is 17.5. The molecular weight excluding hydrogens is 621 g/mol. The maximum absolute atomic E-state index is 13.7. The molecule has 8 rings (SSSR count). The highest BCUT2D eigenvalue weighted by Gasteiger charge is 2.44. The lowest BCUT2D eigenvalue weighted by atomic mass is 9.92. The van der Waals surface area contributed by atoms with E-state index in [1.165, 1.54) is 12.1 Å². The predicted molar refractivity (Wildman–Crippen MR) is 190 cm³/mol. The van der Waals surface area contributed by atoms with Gasteiger partial charge in [0.2, 0.25) is 5.75 Å². The lowest BCUT2D eigenvalue weighted by Crippen LogP contribution is -2.55. The summed E-state index contributed by atoms with van der Waals surface area (Å²) in [6.45, 7) is 4.94. The van der Waals surface area contributed by atoms with Gasteiger partial charge in [0.15, 0.2) is 29.0 Å². The van der Waals surface area contributed by atoms with Crippen LogP contribution in [0.4, 0.5) is 27.3 Å². The van der Waals surface area contributed by atoms with Gasteiger partial charge in [0.25, 0.3) is 0 Å². The first-order chi connectivity index (χ1) is 24.0. The molecule has 11 heteroatoms. The fourth-order valence-corrected chi connectivity index (χ4v) is 7.12. The van der Waals surface area contributed by atoms with Crippen molar-refractivity contribution in [3.8, 4) is 22.9 Å². The highest BCUT2D eigenvalue weighted by molar-refractivity contribution is 6.48. The van der Waals surface area contributed by atoms with Gasteiger partial charge in [-0.2, -0.15) is 5.10 Å². The summed E-state index contributed by atoms with van der Waals surface area (Å²) in [5, 5.41) is 5.07. The summed E-state index contributed by atoms with van der Waals surface area (Å²) >= 11 is 0. The van der Waals surface area contributed by atoms with E-state index in [2.05, 4.69) is 20.8 Å². The maximum Gasteiger partial charge on any atom is 0.203 e. The van der Waals surface area contributed by atoms with E-state index in [0.29, 0.717) is 30.3 Å². The van der Waals surface area contributed by atoms with Crippen molar-refractivity contribution in [2.45, 2.75) is 13.0 Å². The summed E-state index contributed by atoms with van der Waals surface area (Å²) in [5.41, 5.74) is 6.36. The third kappa shape index (κ3) is 5.04. The first kappa shape index (κ1) is 30.5. The highest BCUT2D eigenvalue weighted by Crippen LogP contribution is 2.52. The van der Waals surface area contributed by atoms with E-state index in [1.54, 1.807) is 21.3 Å². The second-order valence-corrected chi connectivity index (χ2v) is 12.1. The van der Waals surface area contributed by atoms with Crippen LogP contribution in [0.3, 0.4) is 0 Å². The van der Waals surface area contributed by atoms with Crippen molar-refractivity contribution >= 4 is 34.6 Å². The van der Waals surface area contributed by atoms with Crippen molar-refractivity contribution in [3.05, 3.63) is 114 Å².